The van der Waals surface area contributed by atoms with Crippen LogP contribution < -0.4 is 4.90 Å². The first-order valence-electron chi connectivity index (χ1n) is 4.85. The molecule has 1 rings (SSSR count). The van der Waals surface area contributed by atoms with Crippen LogP contribution in [0.5, 0.6) is 0 Å². The minimum atomic E-state index is -0.863. The lowest BCUT2D eigenvalue weighted by atomic mass is 10.2. The molecule has 1 heterocycles. The summed E-state index contributed by atoms with van der Waals surface area (Å²) in [5, 5.41) is 17.5. The maximum absolute atomic E-state index is 10.4. The van der Waals surface area contributed by atoms with Gasteiger partial charge in [0.15, 0.2) is 0 Å². The number of aromatic nitrogens is 1. The lowest BCUT2D eigenvalue weighted by Crippen LogP contribution is -2.23. The molecule has 1 aromatic heterocycles. The van der Waals surface area contributed by atoms with Crippen LogP contribution in [0.25, 0.3) is 0 Å². The average Bonchev–Trinajstić information content (AvgIpc) is 2.25. The molecule has 0 aromatic carbocycles. The second-order valence-corrected chi connectivity index (χ2v) is 3.50. The zero-order chi connectivity index (χ0) is 12.1. The number of nitriles is 1. The molecule has 0 amide bonds. The summed E-state index contributed by atoms with van der Waals surface area (Å²) in [6.45, 7) is 2.16. The van der Waals surface area contributed by atoms with Gasteiger partial charge in [-0.25, -0.2) is 4.98 Å². The Labute approximate surface area is 93.9 Å². The number of carboxylic acid groups (broad SMARTS) is 1. The van der Waals surface area contributed by atoms with Crippen molar-refractivity contribution in [2.75, 3.05) is 18.5 Å². The molecule has 84 valence electrons. The molecule has 0 unspecified atom stereocenters. The van der Waals surface area contributed by atoms with Gasteiger partial charge in [0.1, 0.15) is 11.9 Å². The molecule has 0 aliphatic rings. The van der Waals surface area contributed by atoms with Crippen molar-refractivity contribution in [1.82, 2.24) is 4.98 Å². The monoisotopic (exact) mass is 219 g/mol. The van der Waals surface area contributed by atoms with E-state index in [0.29, 0.717) is 17.9 Å². The Morgan fingerprint density at radius 2 is 2.31 bits per heavy atom. The van der Waals surface area contributed by atoms with E-state index in [0.717, 1.165) is 5.69 Å². The second-order valence-electron chi connectivity index (χ2n) is 3.50. The van der Waals surface area contributed by atoms with Crippen molar-refractivity contribution in [3.8, 4) is 6.07 Å². The van der Waals surface area contributed by atoms with E-state index in [9.17, 15) is 4.79 Å². The molecule has 5 nitrogen and oxygen atoms in total. The summed E-state index contributed by atoms with van der Waals surface area (Å²) < 4.78 is 0. The highest BCUT2D eigenvalue weighted by atomic mass is 16.4. The Morgan fingerprint density at radius 3 is 2.88 bits per heavy atom. The van der Waals surface area contributed by atoms with E-state index >= 15 is 0 Å². The number of hydrogen-bond donors (Lipinski definition) is 1. The second kappa shape index (κ2) is 5.12. The van der Waals surface area contributed by atoms with Crippen LogP contribution in [0.1, 0.15) is 17.7 Å². The fraction of sp³-hybridized carbons (Fsp3) is 0.364. The SMILES string of the molecule is Cc1ccc(C#N)c(N(C)CCC(=O)O)n1. The number of aryl methyl sites for hydroxylation is 1. The number of anilines is 1. The van der Waals surface area contributed by atoms with Crippen LogP contribution in [-0.4, -0.2) is 29.7 Å². The van der Waals surface area contributed by atoms with Gasteiger partial charge in [0.2, 0.25) is 0 Å². The van der Waals surface area contributed by atoms with Gasteiger partial charge in [0.25, 0.3) is 0 Å². The highest BCUT2D eigenvalue weighted by Crippen LogP contribution is 2.16. The largest absolute Gasteiger partial charge is 0.481 e. The standard InChI is InChI=1S/C11H13N3O2/c1-8-3-4-9(7-12)11(13-8)14(2)6-5-10(15)16/h3-4H,5-6H2,1-2H3,(H,15,16). The predicted molar refractivity (Wildman–Crippen MR) is 59.2 cm³/mol. The smallest absolute Gasteiger partial charge is 0.305 e. The van der Waals surface area contributed by atoms with Crippen LogP contribution in [0.3, 0.4) is 0 Å². The van der Waals surface area contributed by atoms with Crippen molar-refractivity contribution in [3.05, 3.63) is 23.4 Å². The summed E-state index contributed by atoms with van der Waals surface area (Å²) in [6.07, 6.45) is 0.0248. The highest BCUT2D eigenvalue weighted by molar-refractivity contribution is 5.67. The van der Waals surface area contributed by atoms with Crippen molar-refractivity contribution in [2.24, 2.45) is 0 Å². The van der Waals surface area contributed by atoms with Crippen LogP contribution in [0.4, 0.5) is 5.82 Å². The van der Waals surface area contributed by atoms with Crippen molar-refractivity contribution in [3.63, 3.8) is 0 Å². The zero-order valence-corrected chi connectivity index (χ0v) is 9.27. The molecule has 5 heteroatoms. The summed E-state index contributed by atoms with van der Waals surface area (Å²) in [6, 6.07) is 5.49. The molecule has 0 saturated heterocycles. The molecule has 1 N–H and O–H groups in total. The molecular formula is C11H13N3O2. The molecule has 0 fully saturated rings. The molecule has 1 aromatic rings. The summed E-state index contributed by atoms with van der Waals surface area (Å²) in [7, 11) is 1.73. The molecule has 16 heavy (non-hydrogen) atoms. The first-order chi connectivity index (χ1) is 7.54. The van der Waals surface area contributed by atoms with E-state index in [4.69, 9.17) is 10.4 Å². The van der Waals surface area contributed by atoms with Crippen molar-refractivity contribution in [1.29, 1.82) is 5.26 Å². The predicted octanol–water partition coefficient (Wildman–Crippen LogP) is 1.17. The van der Waals surface area contributed by atoms with Gasteiger partial charge in [0, 0.05) is 19.3 Å². The molecule has 0 radical (unpaired) electrons. The number of nitrogens with zero attached hydrogens (tertiary/aromatic N) is 3. The number of hydrogen-bond acceptors (Lipinski definition) is 4. The summed E-state index contributed by atoms with van der Waals surface area (Å²) in [4.78, 5) is 16.4. The molecule has 0 aliphatic heterocycles. The van der Waals surface area contributed by atoms with Crippen molar-refractivity contribution < 1.29 is 9.90 Å². The fourth-order valence-corrected chi connectivity index (χ4v) is 1.29. The molecule has 0 spiro atoms. The van der Waals surface area contributed by atoms with E-state index < -0.39 is 5.97 Å². The van der Waals surface area contributed by atoms with Gasteiger partial charge in [-0.05, 0) is 19.1 Å². The van der Waals surface area contributed by atoms with Crippen LogP contribution in [0.15, 0.2) is 12.1 Å². The first kappa shape index (κ1) is 12.0. The summed E-state index contributed by atoms with van der Waals surface area (Å²) >= 11 is 0. The van der Waals surface area contributed by atoms with Gasteiger partial charge < -0.3 is 10.0 Å². The van der Waals surface area contributed by atoms with Crippen molar-refractivity contribution in [2.45, 2.75) is 13.3 Å². The lowest BCUT2D eigenvalue weighted by Gasteiger charge is -2.18. The van der Waals surface area contributed by atoms with Crippen LogP contribution in [-0.2, 0) is 4.79 Å². The zero-order valence-electron chi connectivity index (χ0n) is 9.27. The number of pyridine rings is 1. The van der Waals surface area contributed by atoms with E-state index in [-0.39, 0.29) is 6.42 Å². The highest BCUT2D eigenvalue weighted by Gasteiger charge is 2.10. The number of rotatable bonds is 4. The fourth-order valence-electron chi connectivity index (χ4n) is 1.29. The molecule has 0 aliphatic carbocycles. The van der Waals surface area contributed by atoms with E-state index in [1.807, 2.05) is 13.0 Å². The minimum Gasteiger partial charge on any atom is -0.481 e. The van der Waals surface area contributed by atoms with Gasteiger partial charge >= 0.3 is 5.97 Å². The molecule has 0 bridgehead atoms. The van der Waals surface area contributed by atoms with Crippen LogP contribution >= 0.6 is 0 Å². The minimum absolute atomic E-state index is 0.0248. The Morgan fingerprint density at radius 1 is 1.62 bits per heavy atom. The van der Waals surface area contributed by atoms with E-state index in [2.05, 4.69) is 4.98 Å². The topological polar surface area (TPSA) is 77.2 Å². The third-order valence-electron chi connectivity index (χ3n) is 2.16. The van der Waals surface area contributed by atoms with Gasteiger partial charge in [-0.3, -0.25) is 4.79 Å². The lowest BCUT2D eigenvalue weighted by molar-refractivity contribution is -0.136. The van der Waals surface area contributed by atoms with Gasteiger partial charge in [0.05, 0.1) is 12.0 Å². The van der Waals surface area contributed by atoms with Gasteiger partial charge in [-0.15, -0.1) is 0 Å². The van der Waals surface area contributed by atoms with Crippen LogP contribution in [0.2, 0.25) is 0 Å². The third kappa shape index (κ3) is 2.95. The average molecular weight is 219 g/mol. The number of carboxylic acids is 1. The van der Waals surface area contributed by atoms with E-state index in [1.54, 1.807) is 24.1 Å². The van der Waals surface area contributed by atoms with Gasteiger partial charge in [-0.1, -0.05) is 0 Å². The summed E-state index contributed by atoms with van der Waals surface area (Å²) in [5.41, 5.74) is 1.26. The van der Waals surface area contributed by atoms with E-state index in [1.165, 1.54) is 0 Å². The Hall–Kier alpha value is -2.09. The van der Waals surface area contributed by atoms with Crippen molar-refractivity contribution >= 4 is 11.8 Å². The molecule has 0 atom stereocenters. The van der Waals surface area contributed by atoms with Crippen LogP contribution in [0, 0.1) is 18.3 Å². The number of carbonyl (C=O) groups is 1. The number of aliphatic carboxylic acids is 1. The third-order valence-corrected chi connectivity index (χ3v) is 2.16. The van der Waals surface area contributed by atoms with Gasteiger partial charge in [-0.2, -0.15) is 5.26 Å². The quantitative estimate of drug-likeness (QED) is 0.822. The molecule has 0 saturated carbocycles. The Kier molecular flexibility index (Phi) is 3.84. The summed E-state index contributed by atoms with van der Waals surface area (Å²) in [5.74, 6) is -0.332. The normalized spacial score (nSPS) is 9.56. The maximum Gasteiger partial charge on any atom is 0.305 e. The Bertz CT molecular complexity index is 437. The molecular weight excluding hydrogens is 206 g/mol. The maximum atomic E-state index is 10.4. The first-order valence-corrected chi connectivity index (χ1v) is 4.85. The Balaban J connectivity index is 2.89.